The minimum Gasteiger partial charge on any atom is -0.461 e. The van der Waals surface area contributed by atoms with E-state index in [4.69, 9.17) is 9.47 Å². The summed E-state index contributed by atoms with van der Waals surface area (Å²) >= 11 is 0. The van der Waals surface area contributed by atoms with Crippen molar-refractivity contribution in [1.82, 2.24) is 4.90 Å². The molecule has 0 amide bonds. The van der Waals surface area contributed by atoms with E-state index in [1.807, 2.05) is 45.0 Å². The van der Waals surface area contributed by atoms with E-state index in [0.717, 1.165) is 12.8 Å². The van der Waals surface area contributed by atoms with Crippen molar-refractivity contribution in [2.45, 2.75) is 45.6 Å². The molecule has 5 nitrogen and oxygen atoms in total. The van der Waals surface area contributed by atoms with Crippen LogP contribution >= 0.6 is 0 Å². The van der Waals surface area contributed by atoms with Crippen LogP contribution in [0.2, 0.25) is 0 Å². The summed E-state index contributed by atoms with van der Waals surface area (Å²) in [4.78, 5) is 25.2. The van der Waals surface area contributed by atoms with Gasteiger partial charge in [0.15, 0.2) is 0 Å². The predicted molar refractivity (Wildman–Crippen MR) is 87.5 cm³/mol. The highest BCUT2D eigenvalue weighted by Gasteiger charge is 2.17. The van der Waals surface area contributed by atoms with Crippen LogP contribution in [0.4, 0.5) is 0 Å². The van der Waals surface area contributed by atoms with Gasteiger partial charge in [-0.2, -0.15) is 0 Å². The van der Waals surface area contributed by atoms with Gasteiger partial charge in [0.25, 0.3) is 0 Å². The monoisotopic (exact) mass is 311 g/mol. The molecule has 0 bridgehead atoms. The molecule has 0 N–H and O–H groups in total. The maximum atomic E-state index is 11.7. The van der Waals surface area contributed by atoms with Crippen LogP contribution in [0.15, 0.2) is 24.3 Å². The lowest BCUT2D eigenvalue weighted by Crippen LogP contribution is -2.34. The molecule has 0 rings (SSSR count). The molecule has 22 heavy (non-hydrogen) atoms. The van der Waals surface area contributed by atoms with Gasteiger partial charge in [0.05, 0.1) is 12.8 Å². The third kappa shape index (κ3) is 12.1. The number of hydrogen-bond donors (Lipinski definition) is 0. The summed E-state index contributed by atoms with van der Waals surface area (Å²) in [5, 5.41) is 0. The van der Waals surface area contributed by atoms with Gasteiger partial charge in [-0.3, -0.25) is 9.59 Å². The Kier molecular flexibility index (Phi) is 12.1. The van der Waals surface area contributed by atoms with Gasteiger partial charge in [-0.15, -0.1) is 0 Å². The minimum absolute atomic E-state index is 0.0835. The molecule has 0 aliphatic rings. The number of likely N-dealkylation sites (N-methyl/N-ethyl adjacent to an activating group) is 1. The molecule has 0 saturated heterocycles. The van der Waals surface area contributed by atoms with Crippen molar-refractivity contribution in [3.8, 4) is 0 Å². The van der Waals surface area contributed by atoms with Gasteiger partial charge in [0, 0.05) is 6.54 Å². The number of carbonyl (C=O) groups excluding carboxylic acids is 2. The highest BCUT2D eigenvalue weighted by atomic mass is 16.6. The van der Waals surface area contributed by atoms with E-state index in [0.29, 0.717) is 6.54 Å². The number of nitrogens with zero attached hydrogens (tertiary/aromatic N) is 1. The average Bonchev–Trinajstić information content (AvgIpc) is 2.45. The smallest absolute Gasteiger partial charge is 0.310 e. The first-order valence-electron chi connectivity index (χ1n) is 7.79. The van der Waals surface area contributed by atoms with E-state index >= 15 is 0 Å². The average molecular weight is 311 g/mol. The van der Waals surface area contributed by atoms with E-state index < -0.39 is 6.10 Å². The molecule has 126 valence electrons. The first-order valence-corrected chi connectivity index (χ1v) is 7.79. The van der Waals surface area contributed by atoms with Crippen molar-refractivity contribution in [2.24, 2.45) is 0 Å². The molecular formula is C17H29NO4. The summed E-state index contributed by atoms with van der Waals surface area (Å²) < 4.78 is 10.5. The zero-order chi connectivity index (χ0) is 16.8. The number of esters is 2. The van der Waals surface area contributed by atoms with Crippen LogP contribution in [0, 0.1) is 0 Å². The molecule has 0 spiro atoms. The van der Waals surface area contributed by atoms with Gasteiger partial charge < -0.3 is 14.4 Å². The lowest BCUT2D eigenvalue weighted by atomic mass is 10.3. The van der Waals surface area contributed by atoms with Crippen LogP contribution in [0.25, 0.3) is 0 Å². The summed E-state index contributed by atoms with van der Waals surface area (Å²) in [6.45, 7) is 4.60. The van der Waals surface area contributed by atoms with E-state index in [2.05, 4.69) is 0 Å². The summed E-state index contributed by atoms with van der Waals surface area (Å²) in [5.41, 5.74) is 0. The van der Waals surface area contributed by atoms with Crippen molar-refractivity contribution >= 4 is 11.9 Å². The predicted octanol–water partition coefficient (Wildman–Crippen LogP) is 2.72. The van der Waals surface area contributed by atoms with Gasteiger partial charge in [-0.25, -0.2) is 0 Å². The fourth-order valence-corrected chi connectivity index (χ4v) is 1.70. The second-order valence-corrected chi connectivity index (χ2v) is 5.22. The molecule has 0 aliphatic carbocycles. The molecule has 0 saturated carbocycles. The quantitative estimate of drug-likeness (QED) is 0.434. The third-order valence-electron chi connectivity index (χ3n) is 2.67. The normalized spacial score (nSPS) is 13.0. The summed E-state index contributed by atoms with van der Waals surface area (Å²) in [5.74, 6) is -0.617. The van der Waals surface area contributed by atoms with Gasteiger partial charge >= 0.3 is 11.9 Å². The van der Waals surface area contributed by atoms with Crippen LogP contribution in [0.1, 0.15) is 39.5 Å². The Bertz CT molecular complexity index is 375. The number of ether oxygens (including phenoxy) is 2. The maximum Gasteiger partial charge on any atom is 0.310 e. The number of carbonyl (C=O) groups is 2. The molecule has 0 heterocycles. The Balaban J connectivity index is 4.27. The molecule has 0 radical (unpaired) electrons. The van der Waals surface area contributed by atoms with Crippen molar-refractivity contribution in [3.05, 3.63) is 24.3 Å². The fraction of sp³-hybridized carbons (Fsp3) is 0.647. The Hall–Kier alpha value is -1.62. The second-order valence-electron chi connectivity index (χ2n) is 5.22. The lowest BCUT2D eigenvalue weighted by molar-refractivity contribution is -0.158. The van der Waals surface area contributed by atoms with E-state index in [1.165, 1.54) is 0 Å². The topological polar surface area (TPSA) is 55.8 Å². The van der Waals surface area contributed by atoms with E-state index in [9.17, 15) is 9.59 Å². The molecule has 5 heteroatoms. The molecule has 1 atom stereocenters. The molecule has 0 aromatic heterocycles. The fourth-order valence-electron chi connectivity index (χ4n) is 1.70. The standard InChI is InChI=1S/C17H29NO4/c1-5-7-9-11-16(19)21-14-15(13-18(3)4)22-17(20)12-10-8-6-2/h7-10,15H,5-6,11-14H2,1-4H3/b9-7-,10-8-. The first kappa shape index (κ1) is 20.4. The van der Waals surface area contributed by atoms with Crippen LogP contribution in [-0.4, -0.2) is 50.2 Å². The second kappa shape index (κ2) is 13.1. The van der Waals surface area contributed by atoms with Crippen molar-refractivity contribution in [3.63, 3.8) is 0 Å². The summed E-state index contributed by atoms with van der Waals surface area (Å²) in [7, 11) is 3.76. The maximum absolute atomic E-state index is 11.7. The molecule has 1 unspecified atom stereocenters. The summed E-state index contributed by atoms with van der Waals surface area (Å²) in [6.07, 6.45) is 9.22. The highest BCUT2D eigenvalue weighted by Crippen LogP contribution is 2.02. The van der Waals surface area contributed by atoms with Crippen molar-refractivity contribution in [1.29, 1.82) is 0 Å². The Labute approximate surface area is 134 Å². The number of rotatable bonds is 11. The molecule has 0 aromatic carbocycles. The van der Waals surface area contributed by atoms with Gasteiger partial charge in [0.1, 0.15) is 12.7 Å². The largest absolute Gasteiger partial charge is 0.461 e. The summed E-state index contributed by atoms with van der Waals surface area (Å²) in [6, 6.07) is 0. The van der Waals surface area contributed by atoms with Crippen LogP contribution in [0.3, 0.4) is 0 Å². The van der Waals surface area contributed by atoms with Gasteiger partial charge in [-0.05, 0) is 26.9 Å². The SMILES string of the molecule is CC/C=C\CC(=O)OCC(CN(C)C)OC(=O)C/C=C\CC. The van der Waals surface area contributed by atoms with Crippen LogP contribution < -0.4 is 0 Å². The van der Waals surface area contributed by atoms with Crippen LogP contribution in [0.5, 0.6) is 0 Å². The molecule has 0 fully saturated rings. The zero-order valence-corrected chi connectivity index (χ0v) is 14.2. The van der Waals surface area contributed by atoms with E-state index in [-0.39, 0.29) is 31.4 Å². The highest BCUT2D eigenvalue weighted by molar-refractivity contribution is 5.72. The van der Waals surface area contributed by atoms with Gasteiger partial charge in [-0.1, -0.05) is 38.2 Å². The zero-order valence-electron chi connectivity index (χ0n) is 14.2. The van der Waals surface area contributed by atoms with E-state index in [1.54, 1.807) is 12.2 Å². The molecular weight excluding hydrogens is 282 g/mol. The Morgan fingerprint density at radius 1 is 0.955 bits per heavy atom. The van der Waals surface area contributed by atoms with Crippen molar-refractivity contribution < 1.29 is 19.1 Å². The first-order chi connectivity index (χ1) is 10.5. The lowest BCUT2D eigenvalue weighted by Gasteiger charge is -2.21. The number of allylic oxidation sites excluding steroid dienone is 2. The minimum atomic E-state index is -0.448. The Morgan fingerprint density at radius 2 is 1.50 bits per heavy atom. The molecule has 0 aromatic rings. The third-order valence-corrected chi connectivity index (χ3v) is 2.67. The molecule has 0 aliphatic heterocycles. The Morgan fingerprint density at radius 3 is 2.00 bits per heavy atom. The van der Waals surface area contributed by atoms with Crippen molar-refractivity contribution in [2.75, 3.05) is 27.2 Å². The number of hydrogen-bond acceptors (Lipinski definition) is 5. The van der Waals surface area contributed by atoms with Crippen LogP contribution in [-0.2, 0) is 19.1 Å². The van der Waals surface area contributed by atoms with Gasteiger partial charge in [0.2, 0.25) is 0 Å².